The standard InChI is InChI=1S/C26H25N3O3/c1-3-32-20-14-12-19(13-15-20)28-25-16-22(21-9-5-6-10-23(21)29-25)26(30)27-17-18-8-4-7-11-24(18)31-2/h4-16H,3,17H2,1-2H3,(H,27,30)(H,28,29). The fourth-order valence-electron chi connectivity index (χ4n) is 3.50. The Morgan fingerprint density at radius 2 is 1.72 bits per heavy atom. The quantitative estimate of drug-likeness (QED) is 0.398. The van der Waals surface area contributed by atoms with Gasteiger partial charge in [-0.3, -0.25) is 4.79 Å². The van der Waals surface area contributed by atoms with Crippen molar-refractivity contribution in [3.05, 3.63) is 90.0 Å². The van der Waals surface area contributed by atoms with Crippen LogP contribution in [0, 0.1) is 0 Å². The van der Waals surface area contributed by atoms with Crippen LogP contribution in [-0.4, -0.2) is 24.6 Å². The minimum Gasteiger partial charge on any atom is -0.496 e. The maximum Gasteiger partial charge on any atom is 0.252 e. The Morgan fingerprint density at radius 3 is 2.50 bits per heavy atom. The summed E-state index contributed by atoms with van der Waals surface area (Å²) in [6.07, 6.45) is 0. The Hall–Kier alpha value is -4.06. The first-order valence-corrected chi connectivity index (χ1v) is 10.5. The summed E-state index contributed by atoms with van der Waals surface area (Å²) in [6, 6.07) is 24.7. The molecule has 6 heteroatoms. The van der Waals surface area contributed by atoms with Gasteiger partial charge in [0.1, 0.15) is 17.3 Å². The van der Waals surface area contributed by atoms with Crippen LogP contribution in [0.3, 0.4) is 0 Å². The van der Waals surface area contributed by atoms with Crippen molar-refractivity contribution in [3.63, 3.8) is 0 Å². The summed E-state index contributed by atoms with van der Waals surface area (Å²) in [6.45, 7) is 2.93. The van der Waals surface area contributed by atoms with Crippen LogP contribution >= 0.6 is 0 Å². The van der Waals surface area contributed by atoms with E-state index < -0.39 is 0 Å². The largest absolute Gasteiger partial charge is 0.496 e. The van der Waals surface area contributed by atoms with Crippen molar-refractivity contribution in [3.8, 4) is 11.5 Å². The third-order valence-electron chi connectivity index (χ3n) is 5.03. The molecule has 2 N–H and O–H groups in total. The van der Waals surface area contributed by atoms with Gasteiger partial charge in [-0.05, 0) is 49.4 Å². The number of nitrogens with one attached hydrogen (secondary N) is 2. The van der Waals surface area contributed by atoms with Crippen molar-refractivity contribution in [1.82, 2.24) is 10.3 Å². The van der Waals surface area contributed by atoms with Gasteiger partial charge < -0.3 is 20.1 Å². The van der Waals surface area contributed by atoms with E-state index in [1.807, 2.05) is 79.7 Å². The maximum atomic E-state index is 13.1. The topological polar surface area (TPSA) is 72.5 Å². The number of hydrogen-bond acceptors (Lipinski definition) is 5. The van der Waals surface area contributed by atoms with Gasteiger partial charge in [-0.2, -0.15) is 0 Å². The number of nitrogens with zero attached hydrogens (tertiary/aromatic N) is 1. The minimum atomic E-state index is -0.177. The van der Waals surface area contributed by atoms with E-state index in [-0.39, 0.29) is 5.91 Å². The van der Waals surface area contributed by atoms with E-state index >= 15 is 0 Å². The molecule has 0 unspecified atom stereocenters. The summed E-state index contributed by atoms with van der Waals surface area (Å²) < 4.78 is 10.9. The number of pyridine rings is 1. The lowest BCUT2D eigenvalue weighted by Crippen LogP contribution is -2.23. The van der Waals surface area contributed by atoms with Crippen LogP contribution in [0.5, 0.6) is 11.5 Å². The summed E-state index contributed by atoms with van der Waals surface area (Å²) in [4.78, 5) is 17.8. The number of amides is 1. The Balaban J connectivity index is 1.59. The molecule has 162 valence electrons. The van der Waals surface area contributed by atoms with Gasteiger partial charge in [0.2, 0.25) is 0 Å². The molecule has 0 spiro atoms. The molecule has 0 aliphatic heterocycles. The minimum absolute atomic E-state index is 0.177. The molecule has 0 aliphatic carbocycles. The van der Waals surface area contributed by atoms with E-state index in [9.17, 15) is 4.79 Å². The third-order valence-corrected chi connectivity index (χ3v) is 5.03. The van der Waals surface area contributed by atoms with Gasteiger partial charge in [-0.15, -0.1) is 0 Å². The lowest BCUT2D eigenvalue weighted by Gasteiger charge is -2.13. The molecular formula is C26H25N3O3. The Morgan fingerprint density at radius 1 is 0.969 bits per heavy atom. The molecule has 0 saturated heterocycles. The van der Waals surface area contributed by atoms with E-state index in [4.69, 9.17) is 9.47 Å². The molecule has 32 heavy (non-hydrogen) atoms. The molecule has 0 fully saturated rings. The highest BCUT2D eigenvalue weighted by Gasteiger charge is 2.14. The highest BCUT2D eigenvalue weighted by Crippen LogP contribution is 2.25. The zero-order valence-electron chi connectivity index (χ0n) is 18.1. The van der Waals surface area contributed by atoms with Crippen molar-refractivity contribution in [1.29, 1.82) is 0 Å². The van der Waals surface area contributed by atoms with E-state index in [2.05, 4.69) is 15.6 Å². The SMILES string of the molecule is CCOc1ccc(Nc2cc(C(=O)NCc3ccccc3OC)c3ccccc3n2)cc1. The van der Waals surface area contributed by atoms with Gasteiger partial charge in [0.05, 0.1) is 24.8 Å². The number of aromatic nitrogens is 1. The number of methoxy groups -OCH3 is 1. The van der Waals surface area contributed by atoms with Crippen molar-refractivity contribution in [2.24, 2.45) is 0 Å². The first-order chi connectivity index (χ1) is 15.7. The molecular weight excluding hydrogens is 402 g/mol. The molecule has 1 amide bonds. The fraction of sp³-hybridized carbons (Fsp3) is 0.154. The molecule has 0 atom stereocenters. The van der Waals surface area contributed by atoms with Crippen LogP contribution in [0.25, 0.3) is 10.9 Å². The zero-order valence-corrected chi connectivity index (χ0v) is 18.1. The predicted molar refractivity (Wildman–Crippen MR) is 127 cm³/mol. The second kappa shape index (κ2) is 9.83. The van der Waals surface area contributed by atoms with Crippen molar-refractivity contribution in [2.45, 2.75) is 13.5 Å². The average molecular weight is 428 g/mol. The average Bonchev–Trinajstić information content (AvgIpc) is 2.83. The molecule has 6 nitrogen and oxygen atoms in total. The summed E-state index contributed by atoms with van der Waals surface area (Å²) in [7, 11) is 1.62. The normalized spacial score (nSPS) is 10.6. The molecule has 0 aliphatic rings. The number of ether oxygens (including phenoxy) is 2. The number of benzene rings is 3. The van der Waals surface area contributed by atoms with E-state index in [0.29, 0.717) is 24.5 Å². The van der Waals surface area contributed by atoms with Crippen molar-refractivity contribution < 1.29 is 14.3 Å². The number of carbonyl (C=O) groups is 1. The predicted octanol–water partition coefficient (Wildman–Crippen LogP) is 5.32. The highest BCUT2D eigenvalue weighted by molar-refractivity contribution is 6.07. The van der Waals surface area contributed by atoms with Crippen LogP contribution < -0.4 is 20.1 Å². The molecule has 0 bridgehead atoms. The second-order valence-electron chi connectivity index (χ2n) is 7.15. The monoisotopic (exact) mass is 427 g/mol. The number of fused-ring (bicyclic) bond motifs is 1. The van der Waals surface area contributed by atoms with Gasteiger partial charge in [-0.1, -0.05) is 36.4 Å². The first kappa shape index (κ1) is 21.2. The Kier molecular flexibility index (Phi) is 6.51. The van der Waals surface area contributed by atoms with Crippen LogP contribution in [-0.2, 0) is 6.54 Å². The molecule has 4 aromatic rings. The number of hydrogen-bond donors (Lipinski definition) is 2. The number of rotatable bonds is 8. The fourth-order valence-corrected chi connectivity index (χ4v) is 3.50. The lowest BCUT2D eigenvalue weighted by molar-refractivity contribution is 0.0952. The van der Waals surface area contributed by atoms with E-state index in [0.717, 1.165) is 33.7 Å². The number of para-hydroxylation sites is 2. The van der Waals surface area contributed by atoms with Gasteiger partial charge in [-0.25, -0.2) is 4.98 Å². The summed E-state index contributed by atoms with van der Waals surface area (Å²) in [5.74, 6) is 1.96. The molecule has 1 heterocycles. The molecule has 0 saturated carbocycles. The van der Waals surface area contributed by atoms with Crippen molar-refractivity contribution in [2.75, 3.05) is 19.0 Å². The molecule has 1 aromatic heterocycles. The second-order valence-corrected chi connectivity index (χ2v) is 7.15. The highest BCUT2D eigenvalue weighted by atomic mass is 16.5. The molecule has 0 radical (unpaired) electrons. The van der Waals surface area contributed by atoms with Crippen LogP contribution in [0.2, 0.25) is 0 Å². The lowest BCUT2D eigenvalue weighted by atomic mass is 10.1. The smallest absolute Gasteiger partial charge is 0.252 e. The van der Waals surface area contributed by atoms with Gasteiger partial charge >= 0.3 is 0 Å². The third kappa shape index (κ3) is 4.81. The van der Waals surface area contributed by atoms with Gasteiger partial charge in [0.25, 0.3) is 5.91 Å². The van der Waals surface area contributed by atoms with E-state index in [1.54, 1.807) is 13.2 Å². The van der Waals surface area contributed by atoms with Gasteiger partial charge in [0, 0.05) is 23.2 Å². The van der Waals surface area contributed by atoms with Crippen molar-refractivity contribution >= 4 is 28.3 Å². The zero-order chi connectivity index (χ0) is 22.3. The van der Waals surface area contributed by atoms with Crippen LogP contribution in [0.1, 0.15) is 22.8 Å². The first-order valence-electron chi connectivity index (χ1n) is 10.5. The van der Waals surface area contributed by atoms with E-state index in [1.165, 1.54) is 0 Å². The molecule has 4 rings (SSSR count). The summed E-state index contributed by atoms with van der Waals surface area (Å²) >= 11 is 0. The molecule has 3 aromatic carbocycles. The van der Waals surface area contributed by atoms with Crippen LogP contribution in [0.15, 0.2) is 78.9 Å². The summed E-state index contributed by atoms with van der Waals surface area (Å²) in [5.41, 5.74) is 3.07. The van der Waals surface area contributed by atoms with Crippen LogP contribution in [0.4, 0.5) is 11.5 Å². The summed E-state index contributed by atoms with van der Waals surface area (Å²) in [5, 5.41) is 7.08. The number of carbonyl (C=O) groups excluding carboxylic acids is 1. The Labute approximate surface area is 187 Å². The number of anilines is 2. The van der Waals surface area contributed by atoms with Gasteiger partial charge in [0.15, 0.2) is 0 Å². The Bertz CT molecular complexity index is 1220. The maximum absolute atomic E-state index is 13.1.